The van der Waals surface area contributed by atoms with Crippen molar-refractivity contribution in [2.24, 2.45) is 5.73 Å². The van der Waals surface area contributed by atoms with Crippen molar-refractivity contribution < 1.29 is 32.2 Å². The van der Waals surface area contributed by atoms with Gasteiger partial charge in [0, 0.05) is 12.0 Å². The van der Waals surface area contributed by atoms with Crippen LogP contribution in [0.3, 0.4) is 0 Å². The van der Waals surface area contributed by atoms with E-state index in [0.717, 1.165) is 33.7 Å². The Morgan fingerprint density at radius 3 is 2.26 bits per heavy atom. The molecule has 0 radical (unpaired) electrons. The zero-order valence-corrected chi connectivity index (χ0v) is 26.6. The summed E-state index contributed by atoms with van der Waals surface area (Å²) >= 11 is 0. The quantitative estimate of drug-likeness (QED) is 0.215. The zero-order chi connectivity index (χ0) is 33.7. The number of benzene rings is 3. The number of halogens is 1. The van der Waals surface area contributed by atoms with Gasteiger partial charge in [-0.2, -0.15) is 0 Å². The summed E-state index contributed by atoms with van der Waals surface area (Å²) in [4.78, 5) is 27.2. The molecule has 0 fully saturated rings. The fourth-order valence-electron chi connectivity index (χ4n) is 4.71. The van der Waals surface area contributed by atoms with Crippen LogP contribution in [0.1, 0.15) is 44.5 Å². The molecule has 0 aliphatic carbocycles. The van der Waals surface area contributed by atoms with Crippen molar-refractivity contribution in [3.8, 4) is 23.0 Å². The Kier molecular flexibility index (Phi) is 9.95. The van der Waals surface area contributed by atoms with E-state index in [1.54, 1.807) is 39.8 Å². The number of carboxylic acid groups (broad SMARTS) is 1. The van der Waals surface area contributed by atoms with Crippen LogP contribution >= 0.6 is 0 Å². The molecular formula is C35H34FN3O6S. The first-order chi connectivity index (χ1) is 21.6. The minimum absolute atomic E-state index is 0.191. The molecule has 9 nitrogen and oxygen atoms in total. The molecule has 0 saturated heterocycles. The number of nitrogens with zero attached hydrogens (tertiary/aromatic N) is 2. The Morgan fingerprint density at radius 2 is 1.63 bits per heavy atom. The first-order valence-corrected chi connectivity index (χ1v) is 15.7. The molecule has 3 aromatic carbocycles. The summed E-state index contributed by atoms with van der Waals surface area (Å²) in [5.74, 6) is 3.58. The van der Waals surface area contributed by atoms with E-state index in [-0.39, 0.29) is 22.8 Å². The van der Waals surface area contributed by atoms with Crippen molar-refractivity contribution in [1.29, 1.82) is 0 Å². The molecule has 1 amide bonds. The number of anilines is 1. The monoisotopic (exact) mass is 643 g/mol. The molecule has 0 spiro atoms. The number of amides is 1. The molecule has 0 aliphatic rings. The summed E-state index contributed by atoms with van der Waals surface area (Å²) in [5.41, 5.74) is 8.82. The lowest BCUT2D eigenvalue weighted by atomic mass is 9.98. The molecule has 238 valence electrons. The topological polar surface area (TPSA) is 140 Å². The number of hydrogen-bond acceptors (Lipinski definition) is 7. The molecule has 1 atom stereocenters. The third-order valence-corrected chi connectivity index (χ3v) is 9.01. The van der Waals surface area contributed by atoms with Crippen LogP contribution in [0, 0.1) is 17.7 Å². The molecule has 3 N–H and O–H groups in total. The highest BCUT2D eigenvalue weighted by Gasteiger charge is 2.45. The van der Waals surface area contributed by atoms with E-state index in [4.69, 9.17) is 10.5 Å². The van der Waals surface area contributed by atoms with Gasteiger partial charge >= 0.3 is 12.1 Å². The predicted molar refractivity (Wildman–Crippen MR) is 173 cm³/mol. The van der Waals surface area contributed by atoms with Crippen molar-refractivity contribution >= 4 is 27.7 Å². The first kappa shape index (κ1) is 33.8. The molecule has 1 heterocycles. The number of pyridine rings is 1. The van der Waals surface area contributed by atoms with Gasteiger partial charge in [-0.25, -0.2) is 22.6 Å². The molecule has 1 unspecified atom stereocenters. The molecule has 4 rings (SSSR count). The minimum Gasteiger partial charge on any atom is -0.480 e. The van der Waals surface area contributed by atoms with E-state index in [1.165, 1.54) is 30.3 Å². The van der Waals surface area contributed by atoms with Crippen LogP contribution in [0.2, 0.25) is 0 Å². The molecule has 0 saturated carbocycles. The second-order valence-corrected chi connectivity index (χ2v) is 13.7. The lowest BCUT2D eigenvalue weighted by Gasteiger charge is -2.31. The lowest BCUT2D eigenvalue weighted by Crippen LogP contribution is -2.48. The van der Waals surface area contributed by atoms with Crippen LogP contribution in [0.25, 0.3) is 11.1 Å². The lowest BCUT2D eigenvalue weighted by molar-refractivity contribution is -0.135. The van der Waals surface area contributed by atoms with E-state index in [1.807, 2.05) is 36.4 Å². The molecule has 46 heavy (non-hydrogen) atoms. The van der Waals surface area contributed by atoms with Gasteiger partial charge in [-0.1, -0.05) is 54.5 Å². The van der Waals surface area contributed by atoms with Crippen molar-refractivity contribution in [2.45, 2.75) is 49.5 Å². The maximum atomic E-state index is 14.3. The summed E-state index contributed by atoms with van der Waals surface area (Å²) in [7, 11) is -4.55. The maximum absolute atomic E-state index is 14.3. The van der Waals surface area contributed by atoms with Crippen LogP contribution in [-0.2, 0) is 30.7 Å². The SMILES string of the molecule is CC#Cc1cccc(-c2ccc(CC(N)(c3cccc(N(CC(=O)O)C(=O)OC(C)(C)C)n3)S(=O)(=O)c3cccc(F)c3)cc2)c1. The zero-order valence-electron chi connectivity index (χ0n) is 25.8. The van der Waals surface area contributed by atoms with Gasteiger partial charge in [0.05, 0.1) is 10.6 Å². The van der Waals surface area contributed by atoms with Crippen LogP contribution in [0.4, 0.5) is 15.0 Å². The number of sulfone groups is 1. The van der Waals surface area contributed by atoms with Crippen LogP contribution < -0.4 is 10.6 Å². The molecule has 1 aromatic heterocycles. The van der Waals surface area contributed by atoms with Crippen LogP contribution in [-0.4, -0.2) is 42.7 Å². The molecule has 11 heteroatoms. The highest BCUT2D eigenvalue weighted by atomic mass is 32.2. The van der Waals surface area contributed by atoms with Gasteiger partial charge in [0.25, 0.3) is 0 Å². The van der Waals surface area contributed by atoms with Gasteiger partial charge in [-0.05, 0) is 86.8 Å². The highest BCUT2D eigenvalue weighted by Crippen LogP contribution is 2.35. The number of hydrogen-bond donors (Lipinski definition) is 2. The average Bonchev–Trinajstić information content (AvgIpc) is 2.99. The summed E-state index contributed by atoms with van der Waals surface area (Å²) in [6.07, 6.45) is -1.30. The van der Waals surface area contributed by atoms with Crippen molar-refractivity contribution in [3.63, 3.8) is 0 Å². The van der Waals surface area contributed by atoms with Gasteiger partial charge < -0.3 is 15.6 Å². The fraction of sp³-hybridized carbons (Fsp3) is 0.229. The Labute approximate surface area is 267 Å². The Bertz CT molecular complexity index is 1930. The number of ether oxygens (including phenoxy) is 1. The molecule has 4 aromatic rings. The van der Waals surface area contributed by atoms with Crippen LogP contribution in [0.5, 0.6) is 0 Å². The summed E-state index contributed by atoms with van der Waals surface area (Å²) < 4.78 is 48.1. The molecular weight excluding hydrogens is 609 g/mol. The standard InChI is InChI=1S/C35H34FN3O6S/c1-5-9-24-10-6-11-27(20-24)26-18-16-25(17-19-26)22-35(37,46(43,44)29-13-7-12-28(36)21-29)30-14-8-15-31(38-30)39(23-32(40)41)33(42)45-34(2,3)4/h6-8,10-21H,22-23,37H2,1-4H3,(H,40,41). The van der Waals surface area contributed by atoms with Crippen molar-refractivity contribution in [2.75, 3.05) is 11.4 Å². The number of aromatic nitrogens is 1. The van der Waals surface area contributed by atoms with E-state index in [0.29, 0.717) is 5.56 Å². The fourth-order valence-corrected chi connectivity index (χ4v) is 6.40. The Morgan fingerprint density at radius 1 is 0.957 bits per heavy atom. The largest absolute Gasteiger partial charge is 0.480 e. The summed E-state index contributed by atoms with van der Waals surface area (Å²) in [6.45, 7) is 5.79. The number of nitrogens with two attached hydrogens (primary N) is 1. The number of aliphatic carboxylic acids is 1. The summed E-state index contributed by atoms with van der Waals surface area (Å²) in [6, 6.07) is 23.4. The predicted octanol–water partition coefficient (Wildman–Crippen LogP) is 5.91. The smallest absolute Gasteiger partial charge is 0.416 e. The van der Waals surface area contributed by atoms with Gasteiger partial charge in [0.15, 0.2) is 4.87 Å². The highest BCUT2D eigenvalue weighted by molar-refractivity contribution is 7.92. The molecule has 0 bridgehead atoms. The summed E-state index contributed by atoms with van der Waals surface area (Å²) in [5, 5.41) is 9.53. The Balaban J connectivity index is 1.82. The number of carbonyl (C=O) groups excluding carboxylic acids is 1. The van der Waals surface area contributed by atoms with Gasteiger partial charge in [-0.15, -0.1) is 5.92 Å². The second-order valence-electron chi connectivity index (χ2n) is 11.5. The van der Waals surface area contributed by atoms with E-state index in [9.17, 15) is 27.5 Å². The van der Waals surface area contributed by atoms with Crippen LogP contribution in [0.15, 0.2) is 95.9 Å². The third kappa shape index (κ3) is 7.77. The van der Waals surface area contributed by atoms with E-state index >= 15 is 0 Å². The molecule has 0 aliphatic heterocycles. The minimum atomic E-state index is -4.55. The number of carbonyl (C=O) groups is 2. The Hall–Kier alpha value is -5.05. The number of carboxylic acids is 1. The first-order valence-electron chi connectivity index (χ1n) is 14.2. The third-order valence-electron chi connectivity index (χ3n) is 6.82. The maximum Gasteiger partial charge on any atom is 0.416 e. The van der Waals surface area contributed by atoms with Crippen molar-refractivity contribution in [3.05, 3.63) is 114 Å². The average molecular weight is 644 g/mol. The van der Waals surface area contributed by atoms with Gasteiger partial charge in [-0.3, -0.25) is 9.69 Å². The number of rotatable bonds is 9. The normalized spacial score (nSPS) is 12.7. The van der Waals surface area contributed by atoms with Crippen molar-refractivity contribution in [1.82, 2.24) is 4.98 Å². The van der Waals surface area contributed by atoms with Gasteiger partial charge in [0.1, 0.15) is 23.8 Å². The van der Waals surface area contributed by atoms with Gasteiger partial charge in [0.2, 0.25) is 9.84 Å². The second kappa shape index (κ2) is 13.5. The van der Waals surface area contributed by atoms with E-state index < -0.39 is 44.7 Å². The van der Waals surface area contributed by atoms with E-state index in [2.05, 4.69) is 16.8 Å².